The van der Waals surface area contributed by atoms with Crippen LogP contribution >= 0.6 is 0 Å². The molecule has 1 saturated heterocycles. The largest absolute Gasteiger partial charge is 0.379 e. The smallest absolute Gasteiger partial charge is 0.243 e. The van der Waals surface area contributed by atoms with Gasteiger partial charge in [-0.15, -0.1) is 0 Å². The zero-order valence-electron chi connectivity index (χ0n) is 16.5. The number of anilines is 2. The average molecular weight is 430 g/mol. The van der Waals surface area contributed by atoms with Crippen LogP contribution in [0.1, 0.15) is 6.92 Å². The van der Waals surface area contributed by atoms with Gasteiger partial charge in [0.2, 0.25) is 10.0 Å². The summed E-state index contributed by atoms with van der Waals surface area (Å²) in [4.78, 5) is 0.179. The van der Waals surface area contributed by atoms with Crippen molar-refractivity contribution < 1.29 is 18.3 Å². The van der Waals surface area contributed by atoms with Crippen molar-refractivity contribution in [2.45, 2.75) is 18.0 Å². The Morgan fingerprint density at radius 2 is 1.87 bits per heavy atom. The van der Waals surface area contributed by atoms with Crippen molar-refractivity contribution in [3.63, 3.8) is 0 Å². The first-order valence-electron chi connectivity index (χ1n) is 9.56. The summed E-state index contributed by atoms with van der Waals surface area (Å²) in [6.45, 7) is 3.20. The zero-order chi connectivity index (χ0) is 21.1. The lowest BCUT2D eigenvalue weighted by atomic mass is 10.2. The minimum absolute atomic E-state index is 0.179. The SMILES string of the molecule is CC1=NN(c2ccccc2)[C@H](O)/C1=N\Nc1cccc(S(=O)(=O)N2CCOCC2)c1. The van der Waals surface area contributed by atoms with Crippen molar-refractivity contribution in [2.75, 3.05) is 36.7 Å². The summed E-state index contributed by atoms with van der Waals surface area (Å²) in [5, 5.41) is 20.8. The number of benzene rings is 2. The van der Waals surface area contributed by atoms with Crippen molar-refractivity contribution in [1.82, 2.24) is 4.31 Å². The van der Waals surface area contributed by atoms with Crippen molar-refractivity contribution in [3.8, 4) is 0 Å². The van der Waals surface area contributed by atoms with E-state index < -0.39 is 16.3 Å². The molecule has 4 rings (SSSR count). The average Bonchev–Trinajstić information content (AvgIpc) is 3.07. The van der Waals surface area contributed by atoms with Crippen LogP contribution in [0.4, 0.5) is 11.4 Å². The molecule has 0 aromatic heterocycles. The zero-order valence-corrected chi connectivity index (χ0v) is 17.3. The number of sulfonamides is 1. The third-order valence-electron chi connectivity index (χ3n) is 4.87. The summed E-state index contributed by atoms with van der Waals surface area (Å²) >= 11 is 0. The first-order chi connectivity index (χ1) is 14.5. The van der Waals surface area contributed by atoms with E-state index in [2.05, 4.69) is 15.6 Å². The molecule has 0 amide bonds. The van der Waals surface area contributed by atoms with Gasteiger partial charge < -0.3 is 9.84 Å². The molecular formula is C20H23N5O4S. The lowest BCUT2D eigenvalue weighted by Gasteiger charge is -2.26. The molecule has 9 nitrogen and oxygen atoms in total. The minimum Gasteiger partial charge on any atom is -0.379 e. The first kappa shape index (κ1) is 20.5. The number of aliphatic hydroxyl groups is 1. The molecule has 0 radical (unpaired) electrons. The van der Waals surface area contributed by atoms with Crippen molar-refractivity contribution in [2.24, 2.45) is 10.2 Å². The summed E-state index contributed by atoms with van der Waals surface area (Å²) < 4.78 is 32.3. The standard InChI is InChI=1S/C20H23N5O4S/c1-15-19(20(26)25(23-15)17-7-3-2-4-8-17)22-21-16-6-5-9-18(14-16)30(27,28)24-10-12-29-13-11-24/h2-9,14,20-21,26H,10-13H2,1H3/b22-19-/t20-/m1/s1. The van der Waals surface area contributed by atoms with Crippen LogP contribution in [-0.2, 0) is 14.8 Å². The molecule has 1 atom stereocenters. The van der Waals surface area contributed by atoms with Crippen molar-refractivity contribution in [1.29, 1.82) is 0 Å². The Kier molecular flexibility index (Phi) is 5.82. The lowest BCUT2D eigenvalue weighted by molar-refractivity contribution is 0.0730. The molecule has 30 heavy (non-hydrogen) atoms. The highest BCUT2D eigenvalue weighted by Crippen LogP contribution is 2.23. The fourth-order valence-corrected chi connectivity index (χ4v) is 4.73. The van der Waals surface area contributed by atoms with Gasteiger partial charge in [-0.2, -0.15) is 14.5 Å². The highest BCUT2D eigenvalue weighted by atomic mass is 32.2. The first-order valence-corrected chi connectivity index (χ1v) is 11.0. The fourth-order valence-electron chi connectivity index (χ4n) is 3.28. The Bertz CT molecular complexity index is 1070. The molecule has 2 N–H and O–H groups in total. The maximum Gasteiger partial charge on any atom is 0.243 e. The Balaban J connectivity index is 1.52. The summed E-state index contributed by atoms with van der Waals surface area (Å²) in [7, 11) is -3.60. The molecular weight excluding hydrogens is 406 g/mol. The van der Waals surface area contributed by atoms with Crippen LogP contribution in [0.15, 0.2) is 69.7 Å². The molecule has 0 spiro atoms. The Morgan fingerprint density at radius 1 is 1.13 bits per heavy atom. The normalized spacial score (nSPS) is 21.7. The number of hydrogen-bond donors (Lipinski definition) is 2. The van der Waals surface area contributed by atoms with Gasteiger partial charge in [0.1, 0.15) is 5.71 Å². The maximum atomic E-state index is 12.8. The predicted molar refractivity (Wildman–Crippen MR) is 115 cm³/mol. The van der Waals surface area contributed by atoms with Crippen molar-refractivity contribution >= 4 is 32.8 Å². The van der Waals surface area contributed by atoms with E-state index in [-0.39, 0.29) is 4.90 Å². The number of morpholine rings is 1. The van der Waals surface area contributed by atoms with Crippen LogP contribution < -0.4 is 10.4 Å². The summed E-state index contributed by atoms with van der Waals surface area (Å²) in [6, 6.07) is 15.7. The van der Waals surface area contributed by atoms with Crippen LogP contribution in [0, 0.1) is 0 Å². The monoisotopic (exact) mass is 429 g/mol. The second kappa shape index (κ2) is 8.52. The van der Waals surface area contributed by atoms with E-state index >= 15 is 0 Å². The van der Waals surface area contributed by atoms with E-state index in [9.17, 15) is 13.5 Å². The molecule has 10 heteroatoms. The molecule has 2 aromatic carbocycles. The highest BCUT2D eigenvalue weighted by molar-refractivity contribution is 7.89. The van der Waals surface area contributed by atoms with Crippen molar-refractivity contribution in [3.05, 3.63) is 54.6 Å². The molecule has 2 aliphatic rings. The van der Waals surface area contributed by atoms with Crippen LogP contribution in [0.5, 0.6) is 0 Å². The fraction of sp³-hybridized carbons (Fsp3) is 0.300. The summed E-state index contributed by atoms with van der Waals surface area (Å²) in [5.41, 5.74) is 5.01. The quantitative estimate of drug-likeness (QED) is 0.701. The van der Waals surface area contributed by atoms with Crippen LogP contribution in [0.25, 0.3) is 0 Å². The van der Waals surface area contributed by atoms with Gasteiger partial charge in [-0.3, -0.25) is 5.43 Å². The number of para-hydroxylation sites is 1. The second-order valence-electron chi connectivity index (χ2n) is 6.89. The molecule has 2 heterocycles. The number of aliphatic hydroxyl groups excluding tert-OH is 1. The van der Waals surface area contributed by atoms with E-state index in [1.165, 1.54) is 15.4 Å². The second-order valence-corrected chi connectivity index (χ2v) is 8.83. The number of hydrazone groups is 2. The van der Waals surface area contributed by atoms with E-state index in [1.807, 2.05) is 30.3 Å². The number of hydrogen-bond acceptors (Lipinski definition) is 8. The molecule has 0 unspecified atom stereocenters. The Labute approximate surface area is 175 Å². The summed E-state index contributed by atoms with van der Waals surface area (Å²) in [5.74, 6) is 0. The number of nitrogens with zero attached hydrogens (tertiary/aromatic N) is 4. The number of ether oxygens (including phenoxy) is 1. The maximum absolute atomic E-state index is 12.8. The number of rotatable bonds is 5. The lowest BCUT2D eigenvalue weighted by Crippen LogP contribution is -2.40. The molecule has 0 bridgehead atoms. The van der Waals surface area contributed by atoms with Gasteiger partial charge in [-0.25, -0.2) is 13.4 Å². The van der Waals surface area contributed by atoms with E-state index in [0.717, 1.165) is 5.69 Å². The number of nitrogens with one attached hydrogen (secondary N) is 1. The predicted octanol–water partition coefficient (Wildman–Crippen LogP) is 1.69. The molecule has 2 aromatic rings. The molecule has 0 saturated carbocycles. The van der Waals surface area contributed by atoms with Gasteiger partial charge >= 0.3 is 0 Å². The third-order valence-corrected chi connectivity index (χ3v) is 6.77. The topological polar surface area (TPSA) is 107 Å². The third kappa shape index (κ3) is 4.08. The molecule has 2 aliphatic heterocycles. The molecule has 158 valence electrons. The minimum atomic E-state index is -3.60. The van der Waals surface area contributed by atoms with Crippen LogP contribution in [-0.4, -0.2) is 61.8 Å². The van der Waals surface area contributed by atoms with Gasteiger partial charge in [0.15, 0.2) is 6.23 Å². The van der Waals surface area contributed by atoms with Gasteiger partial charge in [-0.05, 0) is 37.3 Å². The van der Waals surface area contributed by atoms with E-state index in [1.54, 1.807) is 25.1 Å². The van der Waals surface area contributed by atoms with Crippen LogP contribution in [0.3, 0.4) is 0 Å². The Morgan fingerprint density at radius 3 is 2.60 bits per heavy atom. The van der Waals surface area contributed by atoms with E-state index in [4.69, 9.17) is 4.74 Å². The summed E-state index contributed by atoms with van der Waals surface area (Å²) in [6.07, 6.45) is -1.04. The van der Waals surface area contributed by atoms with Gasteiger partial charge in [0.05, 0.1) is 35.2 Å². The highest BCUT2D eigenvalue weighted by Gasteiger charge is 2.31. The van der Waals surface area contributed by atoms with Gasteiger partial charge in [0.25, 0.3) is 0 Å². The molecule has 0 aliphatic carbocycles. The van der Waals surface area contributed by atoms with E-state index in [0.29, 0.717) is 43.4 Å². The molecule has 1 fully saturated rings. The van der Waals surface area contributed by atoms with Gasteiger partial charge in [-0.1, -0.05) is 24.3 Å². The Hall–Kier alpha value is -2.79. The van der Waals surface area contributed by atoms with Crippen LogP contribution in [0.2, 0.25) is 0 Å². The van der Waals surface area contributed by atoms with Gasteiger partial charge in [0, 0.05) is 13.1 Å².